The minimum absolute atomic E-state index is 0.483. The summed E-state index contributed by atoms with van der Waals surface area (Å²) >= 11 is 0. The van der Waals surface area contributed by atoms with E-state index >= 15 is 0 Å². The van der Waals surface area contributed by atoms with Gasteiger partial charge in [0.25, 0.3) is 0 Å². The molecule has 2 nitrogen and oxygen atoms in total. The van der Waals surface area contributed by atoms with E-state index in [1.54, 1.807) is 0 Å². The van der Waals surface area contributed by atoms with E-state index in [0.29, 0.717) is 11.8 Å². The monoisotopic (exact) mass is 216 g/mol. The maximum atomic E-state index is 4.75. The SMILES string of the molecule is Cc1c[nH]c2c(C(C)C)cc(C(C)C)nc12. The summed E-state index contributed by atoms with van der Waals surface area (Å²) in [5.74, 6) is 1.01. The molecule has 0 fully saturated rings. The minimum Gasteiger partial charge on any atom is -0.359 e. The van der Waals surface area contributed by atoms with Crippen LogP contribution >= 0.6 is 0 Å². The number of aromatic amines is 1. The fraction of sp³-hybridized carbons (Fsp3) is 0.500. The van der Waals surface area contributed by atoms with Crippen LogP contribution in [0.3, 0.4) is 0 Å². The Hall–Kier alpha value is -1.31. The number of pyridine rings is 1. The van der Waals surface area contributed by atoms with Gasteiger partial charge in [-0.3, -0.25) is 4.98 Å². The highest BCUT2D eigenvalue weighted by Gasteiger charge is 2.13. The summed E-state index contributed by atoms with van der Waals surface area (Å²) < 4.78 is 0. The van der Waals surface area contributed by atoms with Crippen LogP contribution in [0.4, 0.5) is 0 Å². The maximum absolute atomic E-state index is 4.75. The molecule has 0 bridgehead atoms. The molecule has 1 N–H and O–H groups in total. The van der Waals surface area contributed by atoms with Crippen molar-refractivity contribution in [3.63, 3.8) is 0 Å². The molecule has 2 heteroatoms. The van der Waals surface area contributed by atoms with Crippen molar-refractivity contribution < 1.29 is 0 Å². The van der Waals surface area contributed by atoms with Crippen molar-refractivity contribution in [2.75, 3.05) is 0 Å². The highest BCUT2D eigenvalue weighted by Crippen LogP contribution is 2.28. The van der Waals surface area contributed by atoms with Gasteiger partial charge < -0.3 is 4.98 Å². The smallest absolute Gasteiger partial charge is 0.0914 e. The van der Waals surface area contributed by atoms with Gasteiger partial charge >= 0.3 is 0 Å². The molecule has 86 valence electrons. The number of H-pyrrole nitrogens is 1. The molecule has 2 aromatic rings. The molecular weight excluding hydrogens is 196 g/mol. The lowest BCUT2D eigenvalue weighted by Gasteiger charge is -2.12. The number of aryl methyl sites for hydroxylation is 1. The summed E-state index contributed by atoms with van der Waals surface area (Å²) in [6, 6.07) is 2.24. The van der Waals surface area contributed by atoms with Crippen molar-refractivity contribution in [2.24, 2.45) is 0 Å². The normalized spacial score (nSPS) is 11.9. The molecule has 0 aromatic carbocycles. The highest BCUT2D eigenvalue weighted by atomic mass is 14.8. The van der Waals surface area contributed by atoms with Crippen LogP contribution in [0.1, 0.15) is 56.4 Å². The summed E-state index contributed by atoms with van der Waals surface area (Å²) in [5.41, 5.74) is 6.15. The molecule has 16 heavy (non-hydrogen) atoms. The van der Waals surface area contributed by atoms with Gasteiger partial charge in [-0.1, -0.05) is 27.7 Å². The quantitative estimate of drug-likeness (QED) is 0.803. The lowest BCUT2D eigenvalue weighted by Crippen LogP contribution is -1.98. The zero-order valence-electron chi connectivity index (χ0n) is 10.8. The zero-order valence-corrected chi connectivity index (χ0v) is 10.8. The predicted molar refractivity (Wildman–Crippen MR) is 69.0 cm³/mol. The van der Waals surface area contributed by atoms with Gasteiger partial charge in [0, 0.05) is 11.9 Å². The molecule has 0 aliphatic rings. The summed E-state index contributed by atoms with van der Waals surface area (Å²) in [5, 5.41) is 0. The Bertz CT molecular complexity index is 507. The number of nitrogens with one attached hydrogen (secondary N) is 1. The van der Waals surface area contributed by atoms with Crippen LogP contribution in [0.2, 0.25) is 0 Å². The third-order valence-corrected chi connectivity index (χ3v) is 3.09. The van der Waals surface area contributed by atoms with Gasteiger partial charge in [0.1, 0.15) is 0 Å². The average molecular weight is 216 g/mol. The van der Waals surface area contributed by atoms with Gasteiger partial charge in [0.15, 0.2) is 0 Å². The number of fused-ring (bicyclic) bond motifs is 1. The molecule has 0 spiro atoms. The number of hydrogen-bond donors (Lipinski definition) is 1. The topological polar surface area (TPSA) is 28.7 Å². The first-order valence-corrected chi connectivity index (χ1v) is 5.99. The van der Waals surface area contributed by atoms with E-state index in [2.05, 4.69) is 45.7 Å². The lowest BCUT2D eigenvalue weighted by atomic mass is 9.98. The molecule has 0 saturated carbocycles. The largest absolute Gasteiger partial charge is 0.359 e. The predicted octanol–water partition coefficient (Wildman–Crippen LogP) is 4.12. The van der Waals surface area contributed by atoms with Crippen molar-refractivity contribution in [3.05, 3.63) is 29.1 Å². The van der Waals surface area contributed by atoms with Crippen LogP contribution in [0.5, 0.6) is 0 Å². The standard InChI is InChI=1S/C14H20N2/c1-8(2)11-6-12(9(3)4)16-13-10(5)7-15-14(11)13/h6-9,15H,1-5H3. The third-order valence-electron chi connectivity index (χ3n) is 3.09. The maximum Gasteiger partial charge on any atom is 0.0914 e. The first-order chi connectivity index (χ1) is 7.50. The Morgan fingerprint density at radius 3 is 2.38 bits per heavy atom. The Balaban J connectivity index is 2.75. The third kappa shape index (κ3) is 1.73. The van der Waals surface area contributed by atoms with E-state index < -0.39 is 0 Å². The molecule has 0 saturated heterocycles. The van der Waals surface area contributed by atoms with Gasteiger partial charge in [-0.15, -0.1) is 0 Å². The molecule has 2 heterocycles. The fourth-order valence-corrected chi connectivity index (χ4v) is 2.02. The molecule has 2 rings (SSSR count). The first kappa shape index (κ1) is 11.2. The lowest BCUT2D eigenvalue weighted by molar-refractivity contribution is 0.810. The summed E-state index contributed by atoms with van der Waals surface area (Å²) in [4.78, 5) is 8.09. The van der Waals surface area contributed by atoms with Crippen LogP contribution in [-0.2, 0) is 0 Å². The number of rotatable bonds is 2. The van der Waals surface area contributed by atoms with E-state index in [4.69, 9.17) is 4.98 Å². The number of aromatic nitrogens is 2. The molecule has 0 radical (unpaired) electrons. The van der Waals surface area contributed by atoms with Crippen LogP contribution in [-0.4, -0.2) is 9.97 Å². The van der Waals surface area contributed by atoms with Crippen molar-refractivity contribution >= 4 is 11.0 Å². The van der Waals surface area contributed by atoms with Crippen LogP contribution in [0, 0.1) is 6.92 Å². The second-order valence-corrected chi connectivity index (χ2v) is 5.14. The van der Waals surface area contributed by atoms with Crippen molar-refractivity contribution in [1.82, 2.24) is 9.97 Å². The van der Waals surface area contributed by atoms with Crippen LogP contribution in [0.25, 0.3) is 11.0 Å². The molecule has 0 atom stereocenters. The van der Waals surface area contributed by atoms with E-state index in [0.717, 1.165) is 5.52 Å². The molecule has 2 aromatic heterocycles. The minimum atomic E-state index is 0.483. The average Bonchev–Trinajstić information content (AvgIpc) is 2.59. The van der Waals surface area contributed by atoms with Crippen LogP contribution < -0.4 is 0 Å². The fourth-order valence-electron chi connectivity index (χ4n) is 2.02. The van der Waals surface area contributed by atoms with E-state index in [1.807, 2.05) is 6.20 Å². The molecule has 0 unspecified atom stereocenters. The highest BCUT2D eigenvalue weighted by molar-refractivity contribution is 5.82. The Labute approximate surface area is 97.1 Å². The second kappa shape index (κ2) is 3.93. The zero-order chi connectivity index (χ0) is 11.9. The number of nitrogens with zero attached hydrogens (tertiary/aromatic N) is 1. The molecule has 0 aliphatic carbocycles. The van der Waals surface area contributed by atoms with E-state index in [9.17, 15) is 0 Å². The van der Waals surface area contributed by atoms with Crippen molar-refractivity contribution in [2.45, 2.75) is 46.5 Å². The summed E-state index contributed by atoms with van der Waals surface area (Å²) in [7, 11) is 0. The van der Waals surface area contributed by atoms with E-state index in [1.165, 1.54) is 22.3 Å². The van der Waals surface area contributed by atoms with Crippen molar-refractivity contribution in [1.29, 1.82) is 0 Å². The molecule has 0 amide bonds. The molecule has 0 aliphatic heterocycles. The Morgan fingerprint density at radius 2 is 1.81 bits per heavy atom. The van der Waals surface area contributed by atoms with E-state index in [-0.39, 0.29) is 0 Å². The first-order valence-electron chi connectivity index (χ1n) is 5.99. The molecular formula is C14H20N2. The van der Waals surface area contributed by atoms with Gasteiger partial charge in [0.2, 0.25) is 0 Å². The van der Waals surface area contributed by atoms with Gasteiger partial charge in [-0.2, -0.15) is 0 Å². The summed E-state index contributed by atoms with van der Waals surface area (Å²) in [6.07, 6.45) is 2.05. The Morgan fingerprint density at radius 1 is 1.12 bits per heavy atom. The Kier molecular flexibility index (Phi) is 2.75. The van der Waals surface area contributed by atoms with Gasteiger partial charge in [-0.05, 0) is 36.0 Å². The van der Waals surface area contributed by atoms with Crippen molar-refractivity contribution in [3.8, 4) is 0 Å². The van der Waals surface area contributed by atoms with Gasteiger partial charge in [-0.25, -0.2) is 0 Å². The summed E-state index contributed by atoms with van der Waals surface area (Å²) in [6.45, 7) is 11.0. The second-order valence-electron chi connectivity index (χ2n) is 5.14. The van der Waals surface area contributed by atoms with Gasteiger partial charge in [0.05, 0.1) is 11.0 Å². The number of hydrogen-bond acceptors (Lipinski definition) is 1. The van der Waals surface area contributed by atoms with Crippen LogP contribution in [0.15, 0.2) is 12.3 Å².